The van der Waals surface area contributed by atoms with Crippen LogP contribution in [0.15, 0.2) is 66.9 Å². The summed E-state index contributed by atoms with van der Waals surface area (Å²) in [4.78, 5) is 20.8. The van der Waals surface area contributed by atoms with E-state index >= 15 is 0 Å². The predicted molar refractivity (Wildman–Crippen MR) is 114 cm³/mol. The van der Waals surface area contributed by atoms with Crippen molar-refractivity contribution in [1.82, 2.24) is 9.97 Å². The Labute approximate surface area is 179 Å². The van der Waals surface area contributed by atoms with Crippen molar-refractivity contribution in [2.24, 2.45) is 0 Å². The lowest BCUT2D eigenvalue weighted by atomic mass is 10.0. The zero-order valence-corrected chi connectivity index (χ0v) is 16.5. The summed E-state index contributed by atoms with van der Waals surface area (Å²) >= 11 is 6.20. The van der Waals surface area contributed by atoms with E-state index < -0.39 is 17.6 Å². The SMILES string of the molecule is Nc1ncc2cc(-c3cc(Cl)cc(C(=O)Nc4cccc(C(F)(F)F)c4)c3)ccc2n1. The molecular formula is C22H14ClF3N4O. The van der Waals surface area contributed by atoms with Gasteiger partial charge in [0.05, 0.1) is 11.1 Å². The van der Waals surface area contributed by atoms with Gasteiger partial charge in [0.1, 0.15) is 0 Å². The van der Waals surface area contributed by atoms with Gasteiger partial charge in [0.15, 0.2) is 0 Å². The Morgan fingerprint density at radius 2 is 1.81 bits per heavy atom. The summed E-state index contributed by atoms with van der Waals surface area (Å²) in [5.41, 5.74) is 7.06. The molecule has 1 heterocycles. The molecular weight excluding hydrogens is 429 g/mol. The number of fused-ring (bicyclic) bond motifs is 1. The van der Waals surface area contributed by atoms with Crippen molar-refractivity contribution >= 4 is 40.0 Å². The summed E-state index contributed by atoms with van der Waals surface area (Å²) in [6.07, 6.45) is -2.92. The minimum absolute atomic E-state index is 0.0294. The van der Waals surface area contributed by atoms with Crippen molar-refractivity contribution in [2.75, 3.05) is 11.1 Å². The Kier molecular flexibility index (Phi) is 5.24. The number of carbonyl (C=O) groups is 1. The Bertz CT molecular complexity index is 1310. The number of nitrogens with zero attached hydrogens (tertiary/aromatic N) is 2. The smallest absolute Gasteiger partial charge is 0.368 e. The topological polar surface area (TPSA) is 80.9 Å². The molecule has 156 valence electrons. The molecule has 31 heavy (non-hydrogen) atoms. The van der Waals surface area contributed by atoms with Crippen LogP contribution in [0, 0.1) is 0 Å². The van der Waals surface area contributed by atoms with Crippen molar-refractivity contribution in [3.8, 4) is 11.1 Å². The van der Waals surface area contributed by atoms with Gasteiger partial charge in [-0.3, -0.25) is 4.79 Å². The van der Waals surface area contributed by atoms with Gasteiger partial charge in [0.25, 0.3) is 5.91 Å². The predicted octanol–water partition coefficient (Wildman–Crippen LogP) is 5.80. The molecule has 4 rings (SSSR count). The normalized spacial score (nSPS) is 11.5. The minimum Gasteiger partial charge on any atom is -0.368 e. The van der Waals surface area contributed by atoms with Crippen LogP contribution in [0.1, 0.15) is 15.9 Å². The molecule has 0 atom stereocenters. The van der Waals surface area contributed by atoms with Crippen LogP contribution in [-0.2, 0) is 6.18 Å². The number of nitrogens with two attached hydrogens (primary N) is 1. The second-order valence-electron chi connectivity index (χ2n) is 6.76. The van der Waals surface area contributed by atoms with Crippen LogP contribution in [0.4, 0.5) is 24.8 Å². The van der Waals surface area contributed by atoms with Crippen LogP contribution in [0.2, 0.25) is 5.02 Å². The molecule has 0 aliphatic rings. The first-order valence-corrected chi connectivity index (χ1v) is 9.39. The molecule has 1 aromatic heterocycles. The number of aromatic nitrogens is 2. The molecule has 9 heteroatoms. The third-order valence-electron chi connectivity index (χ3n) is 4.54. The number of anilines is 2. The molecule has 3 aromatic carbocycles. The molecule has 5 nitrogen and oxygen atoms in total. The number of benzene rings is 3. The van der Waals surface area contributed by atoms with Gasteiger partial charge >= 0.3 is 6.18 Å². The lowest BCUT2D eigenvalue weighted by molar-refractivity contribution is -0.137. The molecule has 1 amide bonds. The van der Waals surface area contributed by atoms with Crippen LogP contribution >= 0.6 is 11.6 Å². The maximum absolute atomic E-state index is 12.9. The standard InChI is InChI=1S/C22H14ClF3N4O/c23-17-8-13(12-4-5-19-15(6-12)11-28-21(27)30-19)7-14(9-17)20(31)29-18-3-1-2-16(10-18)22(24,25)26/h1-11H,(H,29,31)(H2,27,28,30). The van der Waals surface area contributed by atoms with Crippen LogP contribution < -0.4 is 11.1 Å². The summed E-state index contributed by atoms with van der Waals surface area (Å²) in [6, 6.07) is 14.5. The number of halogens is 4. The zero-order chi connectivity index (χ0) is 22.2. The highest BCUT2D eigenvalue weighted by Crippen LogP contribution is 2.31. The fraction of sp³-hybridized carbons (Fsp3) is 0.0455. The fourth-order valence-corrected chi connectivity index (χ4v) is 3.33. The monoisotopic (exact) mass is 442 g/mol. The lowest BCUT2D eigenvalue weighted by Crippen LogP contribution is -2.13. The second kappa shape index (κ2) is 7.88. The van der Waals surface area contributed by atoms with E-state index in [1.165, 1.54) is 18.2 Å². The summed E-state index contributed by atoms with van der Waals surface area (Å²) in [5, 5.41) is 3.54. The van der Waals surface area contributed by atoms with Crippen LogP contribution in [0.25, 0.3) is 22.0 Å². The first kappa shape index (κ1) is 20.6. The van der Waals surface area contributed by atoms with E-state index in [0.717, 1.165) is 23.1 Å². The number of rotatable bonds is 3. The van der Waals surface area contributed by atoms with Crippen molar-refractivity contribution in [3.63, 3.8) is 0 Å². The number of carbonyl (C=O) groups excluding carboxylic acids is 1. The maximum atomic E-state index is 12.9. The molecule has 0 unspecified atom stereocenters. The molecule has 0 saturated carbocycles. The number of alkyl halides is 3. The van der Waals surface area contributed by atoms with Gasteiger partial charge in [-0.1, -0.05) is 23.7 Å². The van der Waals surface area contributed by atoms with E-state index in [1.807, 2.05) is 6.07 Å². The molecule has 0 spiro atoms. The largest absolute Gasteiger partial charge is 0.416 e. The quantitative estimate of drug-likeness (QED) is 0.420. The summed E-state index contributed by atoms with van der Waals surface area (Å²) in [6.45, 7) is 0. The molecule has 0 saturated heterocycles. The highest BCUT2D eigenvalue weighted by atomic mass is 35.5. The minimum atomic E-state index is -4.51. The van der Waals surface area contributed by atoms with E-state index in [1.54, 1.807) is 30.5 Å². The van der Waals surface area contributed by atoms with Crippen LogP contribution in [0.3, 0.4) is 0 Å². The highest BCUT2D eigenvalue weighted by Gasteiger charge is 2.30. The number of amides is 1. The molecule has 3 N–H and O–H groups in total. The Morgan fingerprint density at radius 1 is 1.00 bits per heavy atom. The van der Waals surface area contributed by atoms with E-state index in [0.29, 0.717) is 16.1 Å². The third-order valence-corrected chi connectivity index (χ3v) is 4.76. The molecule has 0 aliphatic heterocycles. The Balaban J connectivity index is 1.65. The number of nitrogens with one attached hydrogen (secondary N) is 1. The molecule has 0 radical (unpaired) electrons. The molecule has 4 aromatic rings. The van der Waals surface area contributed by atoms with Crippen molar-refractivity contribution in [3.05, 3.63) is 83.0 Å². The van der Waals surface area contributed by atoms with Gasteiger partial charge in [0, 0.05) is 27.9 Å². The van der Waals surface area contributed by atoms with E-state index in [-0.39, 0.29) is 17.2 Å². The summed E-state index contributed by atoms with van der Waals surface area (Å²) in [7, 11) is 0. The molecule has 0 aliphatic carbocycles. The van der Waals surface area contributed by atoms with Gasteiger partial charge in [0.2, 0.25) is 5.95 Å². The zero-order valence-electron chi connectivity index (χ0n) is 15.7. The van der Waals surface area contributed by atoms with Gasteiger partial charge in [-0.15, -0.1) is 0 Å². The molecule has 0 bridgehead atoms. The lowest BCUT2D eigenvalue weighted by Gasteiger charge is -2.11. The second-order valence-corrected chi connectivity index (χ2v) is 7.20. The van der Waals surface area contributed by atoms with Gasteiger partial charge in [-0.2, -0.15) is 13.2 Å². The van der Waals surface area contributed by atoms with E-state index in [9.17, 15) is 18.0 Å². The fourth-order valence-electron chi connectivity index (χ4n) is 3.09. The highest BCUT2D eigenvalue weighted by molar-refractivity contribution is 6.31. The average Bonchev–Trinajstić information content (AvgIpc) is 2.72. The Hall–Kier alpha value is -3.65. The Morgan fingerprint density at radius 3 is 2.58 bits per heavy atom. The van der Waals surface area contributed by atoms with Crippen molar-refractivity contribution in [2.45, 2.75) is 6.18 Å². The van der Waals surface area contributed by atoms with E-state index in [4.69, 9.17) is 17.3 Å². The van der Waals surface area contributed by atoms with Gasteiger partial charge < -0.3 is 11.1 Å². The number of nitrogen functional groups attached to an aromatic ring is 1. The van der Waals surface area contributed by atoms with E-state index in [2.05, 4.69) is 15.3 Å². The number of hydrogen-bond acceptors (Lipinski definition) is 4. The van der Waals surface area contributed by atoms with Crippen molar-refractivity contribution < 1.29 is 18.0 Å². The van der Waals surface area contributed by atoms with Gasteiger partial charge in [-0.05, 0) is 59.7 Å². The number of hydrogen-bond donors (Lipinski definition) is 2. The maximum Gasteiger partial charge on any atom is 0.416 e. The van der Waals surface area contributed by atoms with Crippen LogP contribution in [0.5, 0.6) is 0 Å². The average molecular weight is 443 g/mol. The third kappa shape index (κ3) is 4.59. The van der Waals surface area contributed by atoms with Gasteiger partial charge in [-0.25, -0.2) is 9.97 Å². The molecule has 0 fully saturated rings. The van der Waals surface area contributed by atoms with Crippen molar-refractivity contribution in [1.29, 1.82) is 0 Å². The first-order chi connectivity index (χ1) is 14.7. The summed E-state index contributed by atoms with van der Waals surface area (Å²) < 4.78 is 38.7. The first-order valence-electron chi connectivity index (χ1n) is 9.01. The van der Waals surface area contributed by atoms with Crippen LogP contribution in [-0.4, -0.2) is 15.9 Å². The summed E-state index contributed by atoms with van der Waals surface area (Å²) in [5.74, 6) is -0.420.